The summed E-state index contributed by atoms with van der Waals surface area (Å²) in [6, 6.07) is 11.1. The van der Waals surface area contributed by atoms with Crippen LogP contribution in [-0.2, 0) is 4.79 Å². The van der Waals surface area contributed by atoms with E-state index in [9.17, 15) is 4.79 Å². The van der Waals surface area contributed by atoms with E-state index in [0.717, 1.165) is 4.88 Å². The highest BCUT2D eigenvalue weighted by Gasteiger charge is 2.06. The smallest absolute Gasteiger partial charge is 0.277 e. The number of para-hydroxylation sites is 2. The minimum absolute atomic E-state index is 0.119. The first-order valence-electron chi connectivity index (χ1n) is 6.49. The maximum atomic E-state index is 11.6. The van der Waals surface area contributed by atoms with Gasteiger partial charge in [-0.1, -0.05) is 18.2 Å². The van der Waals surface area contributed by atoms with E-state index in [1.165, 1.54) is 0 Å². The summed E-state index contributed by atoms with van der Waals surface area (Å²) in [5.41, 5.74) is 2.41. The van der Waals surface area contributed by atoms with E-state index in [4.69, 9.17) is 9.47 Å². The predicted molar refractivity (Wildman–Crippen MR) is 83.2 cm³/mol. The van der Waals surface area contributed by atoms with Crippen LogP contribution >= 0.6 is 11.3 Å². The number of ether oxygens (including phenoxy) is 2. The van der Waals surface area contributed by atoms with Crippen molar-refractivity contribution in [1.82, 2.24) is 5.43 Å². The number of thiophene rings is 1. The van der Waals surface area contributed by atoms with Crippen LogP contribution in [0.15, 0.2) is 46.9 Å². The van der Waals surface area contributed by atoms with Gasteiger partial charge in [-0.2, -0.15) is 5.10 Å². The number of carbonyl (C=O) groups excluding carboxylic acids is 1. The molecule has 1 amide bonds. The minimum atomic E-state index is -0.325. The van der Waals surface area contributed by atoms with Crippen LogP contribution in [0.2, 0.25) is 0 Å². The van der Waals surface area contributed by atoms with Crippen molar-refractivity contribution < 1.29 is 14.3 Å². The van der Waals surface area contributed by atoms with Crippen molar-refractivity contribution in [2.75, 3.05) is 13.2 Å². The summed E-state index contributed by atoms with van der Waals surface area (Å²) >= 11 is 1.54. The molecule has 0 atom stereocenters. The Hall–Kier alpha value is -2.34. The molecule has 0 unspecified atom stereocenters. The zero-order valence-corrected chi connectivity index (χ0v) is 12.4. The Morgan fingerprint density at radius 2 is 2.00 bits per heavy atom. The van der Waals surface area contributed by atoms with Crippen molar-refractivity contribution in [2.45, 2.75) is 6.92 Å². The van der Waals surface area contributed by atoms with E-state index in [1.807, 2.05) is 36.6 Å². The lowest BCUT2D eigenvalue weighted by Crippen LogP contribution is -2.24. The first-order chi connectivity index (χ1) is 10.3. The Morgan fingerprint density at radius 3 is 2.67 bits per heavy atom. The molecule has 0 saturated carbocycles. The normalized spacial score (nSPS) is 10.5. The fourth-order valence-corrected chi connectivity index (χ4v) is 2.14. The molecule has 21 heavy (non-hydrogen) atoms. The van der Waals surface area contributed by atoms with Gasteiger partial charge in [0.1, 0.15) is 0 Å². The van der Waals surface area contributed by atoms with Gasteiger partial charge in [-0.05, 0) is 30.5 Å². The molecule has 1 heterocycles. The van der Waals surface area contributed by atoms with Crippen LogP contribution in [-0.4, -0.2) is 25.3 Å². The number of hydrogen-bond donors (Lipinski definition) is 1. The van der Waals surface area contributed by atoms with Gasteiger partial charge >= 0.3 is 0 Å². The summed E-state index contributed by atoms with van der Waals surface area (Å²) in [6.07, 6.45) is 1.59. The first-order valence-corrected chi connectivity index (χ1v) is 7.37. The van der Waals surface area contributed by atoms with Gasteiger partial charge in [0.2, 0.25) is 0 Å². The molecule has 0 aliphatic heterocycles. The predicted octanol–water partition coefficient (Wildman–Crippen LogP) is 2.68. The highest BCUT2D eigenvalue weighted by molar-refractivity contribution is 7.11. The van der Waals surface area contributed by atoms with Gasteiger partial charge < -0.3 is 9.47 Å². The monoisotopic (exact) mass is 304 g/mol. The molecule has 1 N–H and O–H groups in total. The second kappa shape index (κ2) is 8.06. The van der Waals surface area contributed by atoms with Crippen molar-refractivity contribution in [3.05, 3.63) is 46.7 Å². The Balaban J connectivity index is 1.81. The Morgan fingerprint density at radius 1 is 1.24 bits per heavy atom. The average Bonchev–Trinajstić information content (AvgIpc) is 3.00. The van der Waals surface area contributed by atoms with Crippen molar-refractivity contribution >= 4 is 23.5 Å². The average molecular weight is 304 g/mol. The molecule has 6 heteroatoms. The molecule has 110 valence electrons. The highest BCUT2D eigenvalue weighted by atomic mass is 32.1. The van der Waals surface area contributed by atoms with Gasteiger partial charge in [-0.25, -0.2) is 5.43 Å². The highest BCUT2D eigenvalue weighted by Crippen LogP contribution is 2.26. The van der Waals surface area contributed by atoms with Gasteiger partial charge in [0, 0.05) is 4.88 Å². The van der Waals surface area contributed by atoms with Crippen LogP contribution in [0.4, 0.5) is 0 Å². The molecule has 0 bridgehead atoms. The summed E-state index contributed by atoms with van der Waals surface area (Å²) < 4.78 is 10.8. The van der Waals surface area contributed by atoms with Crippen molar-refractivity contribution in [1.29, 1.82) is 0 Å². The van der Waals surface area contributed by atoms with Gasteiger partial charge in [0.15, 0.2) is 18.1 Å². The van der Waals surface area contributed by atoms with Crippen LogP contribution in [0.1, 0.15) is 11.8 Å². The van der Waals surface area contributed by atoms with E-state index in [0.29, 0.717) is 18.1 Å². The number of hydrogen-bond acceptors (Lipinski definition) is 5. The molecule has 0 fully saturated rings. The standard InChI is InChI=1S/C15H16N2O3S/c1-2-19-13-7-3-4-8-14(13)20-11-15(18)17-16-10-12-6-5-9-21-12/h3-10H,2,11H2,1H3,(H,17,18)/b16-10+. The van der Waals surface area contributed by atoms with Gasteiger partial charge in [-0.15, -0.1) is 11.3 Å². The van der Waals surface area contributed by atoms with E-state index in [2.05, 4.69) is 10.5 Å². The maximum absolute atomic E-state index is 11.6. The third kappa shape index (κ3) is 4.92. The summed E-state index contributed by atoms with van der Waals surface area (Å²) in [4.78, 5) is 12.6. The lowest BCUT2D eigenvalue weighted by molar-refractivity contribution is -0.123. The summed E-state index contributed by atoms with van der Waals surface area (Å²) in [6.45, 7) is 2.31. The molecule has 0 spiro atoms. The van der Waals surface area contributed by atoms with Gasteiger partial charge in [0.25, 0.3) is 5.91 Å². The molecule has 0 saturated heterocycles. The molecular formula is C15H16N2O3S. The number of hydrazone groups is 1. The number of benzene rings is 1. The third-order valence-corrected chi connectivity index (χ3v) is 3.24. The van der Waals surface area contributed by atoms with E-state index in [-0.39, 0.29) is 12.5 Å². The summed E-state index contributed by atoms with van der Waals surface area (Å²) in [5, 5.41) is 5.80. The Labute approximate surface area is 127 Å². The first kappa shape index (κ1) is 15.1. The zero-order valence-electron chi connectivity index (χ0n) is 11.6. The topological polar surface area (TPSA) is 59.9 Å². The minimum Gasteiger partial charge on any atom is -0.490 e. The second-order valence-corrected chi connectivity index (χ2v) is 4.96. The Bertz CT molecular complexity index is 597. The second-order valence-electron chi connectivity index (χ2n) is 3.98. The lowest BCUT2D eigenvalue weighted by Gasteiger charge is -2.10. The number of amides is 1. The van der Waals surface area contributed by atoms with Crippen LogP contribution < -0.4 is 14.9 Å². The zero-order chi connectivity index (χ0) is 14.9. The molecule has 0 aliphatic carbocycles. The molecular weight excluding hydrogens is 288 g/mol. The molecule has 1 aromatic heterocycles. The number of rotatable bonds is 7. The largest absolute Gasteiger partial charge is 0.490 e. The molecule has 0 aliphatic rings. The van der Waals surface area contributed by atoms with Crippen LogP contribution in [0.5, 0.6) is 11.5 Å². The number of nitrogens with one attached hydrogen (secondary N) is 1. The van der Waals surface area contributed by atoms with E-state index >= 15 is 0 Å². The third-order valence-electron chi connectivity index (χ3n) is 2.43. The summed E-state index contributed by atoms with van der Waals surface area (Å²) in [7, 11) is 0. The van der Waals surface area contributed by atoms with Crippen molar-refractivity contribution in [3.8, 4) is 11.5 Å². The quantitative estimate of drug-likeness (QED) is 0.632. The van der Waals surface area contributed by atoms with Crippen LogP contribution in [0.25, 0.3) is 0 Å². The van der Waals surface area contributed by atoms with E-state index in [1.54, 1.807) is 29.7 Å². The molecule has 0 radical (unpaired) electrons. The Kier molecular flexibility index (Phi) is 5.78. The summed E-state index contributed by atoms with van der Waals surface area (Å²) in [5.74, 6) is 0.834. The molecule has 2 aromatic rings. The fourth-order valence-electron chi connectivity index (χ4n) is 1.55. The molecule has 5 nitrogen and oxygen atoms in total. The van der Waals surface area contributed by atoms with Crippen LogP contribution in [0.3, 0.4) is 0 Å². The van der Waals surface area contributed by atoms with Crippen molar-refractivity contribution in [3.63, 3.8) is 0 Å². The number of nitrogens with zero attached hydrogens (tertiary/aromatic N) is 1. The van der Waals surface area contributed by atoms with Gasteiger partial charge in [-0.3, -0.25) is 4.79 Å². The van der Waals surface area contributed by atoms with Crippen molar-refractivity contribution in [2.24, 2.45) is 5.10 Å². The molecule has 1 aromatic carbocycles. The fraction of sp³-hybridized carbons (Fsp3) is 0.200. The van der Waals surface area contributed by atoms with E-state index < -0.39 is 0 Å². The maximum Gasteiger partial charge on any atom is 0.277 e. The molecule has 2 rings (SSSR count). The van der Waals surface area contributed by atoms with Gasteiger partial charge in [0.05, 0.1) is 12.8 Å². The number of carbonyl (C=O) groups is 1. The lowest BCUT2D eigenvalue weighted by atomic mass is 10.3. The SMILES string of the molecule is CCOc1ccccc1OCC(=O)N/N=C/c1cccs1. The van der Waals surface area contributed by atoms with Crippen LogP contribution in [0, 0.1) is 0 Å².